The van der Waals surface area contributed by atoms with Crippen LogP contribution in [0.5, 0.6) is 0 Å². The molecule has 1 heterocycles. The predicted octanol–water partition coefficient (Wildman–Crippen LogP) is -0.199. The van der Waals surface area contributed by atoms with Gasteiger partial charge in [-0.2, -0.15) is 9.40 Å². The second-order valence-electron chi connectivity index (χ2n) is 4.01. The Morgan fingerprint density at radius 1 is 1.60 bits per heavy atom. The normalized spacial score (nSPS) is 13.4. The molecule has 0 atom stereocenters. The Kier molecular flexibility index (Phi) is 3.17. The zero-order valence-electron chi connectivity index (χ0n) is 8.93. The van der Waals surface area contributed by atoms with Crippen LogP contribution in [-0.4, -0.2) is 47.2 Å². The fourth-order valence-electron chi connectivity index (χ4n) is 1.19. The van der Waals surface area contributed by atoms with E-state index in [2.05, 4.69) is 10.2 Å². The van der Waals surface area contributed by atoms with E-state index in [0.29, 0.717) is 0 Å². The number of rotatable bonds is 4. The van der Waals surface area contributed by atoms with Crippen molar-refractivity contribution in [1.82, 2.24) is 14.5 Å². The number of aromatic nitrogens is 2. The Morgan fingerprint density at radius 2 is 2.20 bits per heavy atom. The van der Waals surface area contributed by atoms with Crippen molar-refractivity contribution >= 4 is 10.0 Å². The third-order valence-corrected chi connectivity index (χ3v) is 3.56. The third kappa shape index (κ3) is 3.01. The van der Waals surface area contributed by atoms with E-state index in [4.69, 9.17) is 0 Å². The molecule has 0 radical (unpaired) electrons. The number of aliphatic hydroxyl groups is 1. The highest BCUT2D eigenvalue weighted by atomic mass is 32.2. The summed E-state index contributed by atoms with van der Waals surface area (Å²) in [5.41, 5.74) is -1.06. The smallest absolute Gasteiger partial charge is 0.246 e. The molecule has 0 aliphatic rings. The van der Waals surface area contributed by atoms with Gasteiger partial charge in [0.25, 0.3) is 0 Å². The van der Waals surface area contributed by atoms with Crippen LogP contribution >= 0.6 is 0 Å². The van der Waals surface area contributed by atoms with Crippen LogP contribution < -0.4 is 0 Å². The summed E-state index contributed by atoms with van der Waals surface area (Å²) in [4.78, 5) is 0.0919. The largest absolute Gasteiger partial charge is 0.389 e. The van der Waals surface area contributed by atoms with Crippen molar-refractivity contribution in [3.63, 3.8) is 0 Å². The van der Waals surface area contributed by atoms with Crippen LogP contribution in [0.15, 0.2) is 17.3 Å². The summed E-state index contributed by atoms with van der Waals surface area (Å²) in [6.07, 6.45) is 2.53. The molecular weight excluding hydrogens is 218 g/mol. The molecule has 0 amide bonds. The van der Waals surface area contributed by atoms with Gasteiger partial charge < -0.3 is 5.11 Å². The van der Waals surface area contributed by atoms with Crippen molar-refractivity contribution in [1.29, 1.82) is 0 Å². The minimum Gasteiger partial charge on any atom is -0.389 e. The molecule has 86 valence electrons. The Morgan fingerprint density at radius 3 is 2.60 bits per heavy atom. The molecule has 0 saturated heterocycles. The second-order valence-corrected chi connectivity index (χ2v) is 6.05. The minimum atomic E-state index is -3.55. The summed E-state index contributed by atoms with van der Waals surface area (Å²) in [5, 5.41) is 15.5. The fraction of sp³-hybridized carbons (Fsp3) is 0.625. The van der Waals surface area contributed by atoms with Crippen LogP contribution in [-0.2, 0) is 10.0 Å². The second kappa shape index (κ2) is 3.92. The average molecular weight is 233 g/mol. The lowest BCUT2D eigenvalue weighted by molar-refractivity contribution is 0.0640. The first-order valence-electron chi connectivity index (χ1n) is 4.41. The maximum absolute atomic E-state index is 11.8. The molecule has 0 bridgehead atoms. The summed E-state index contributed by atoms with van der Waals surface area (Å²) < 4.78 is 24.7. The lowest BCUT2D eigenvalue weighted by Gasteiger charge is -2.24. The Labute approximate surface area is 89.0 Å². The van der Waals surface area contributed by atoms with E-state index >= 15 is 0 Å². The van der Waals surface area contributed by atoms with Gasteiger partial charge >= 0.3 is 0 Å². The van der Waals surface area contributed by atoms with E-state index < -0.39 is 15.6 Å². The minimum absolute atomic E-state index is 0.0283. The van der Waals surface area contributed by atoms with E-state index in [-0.39, 0.29) is 11.4 Å². The Hall–Kier alpha value is -0.920. The molecule has 7 heteroatoms. The molecule has 6 nitrogen and oxygen atoms in total. The van der Waals surface area contributed by atoms with E-state index in [1.807, 2.05) is 0 Å². The van der Waals surface area contributed by atoms with Crippen molar-refractivity contribution in [3.05, 3.63) is 12.4 Å². The lowest BCUT2D eigenvalue weighted by atomic mass is 10.1. The first kappa shape index (κ1) is 12.2. The molecule has 2 N–H and O–H groups in total. The van der Waals surface area contributed by atoms with Gasteiger partial charge in [0, 0.05) is 19.8 Å². The number of sulfonamides is 1. The highest BCUT2D eigenvalue weighted by Crippen LogP contribution is 2.14. The van der Waals surface area contributed by atoms with Crippen LogP contribution in [0.1, 0.15) is 13.8 Å². The summed E-state index contributed by atoms with van der Waals surface area (Å²) in [6, 6.07) is 0. The van der Waals surface area contributed by atoms with Crippen LogP contribution in [0.3, 0.4) is 0 Å². The summed E-state index contributed by atoms with van der Waals surface area (Å²) in [5.74, 6) is 0. The number of hydrogen-bond acceptors (Lipinski definition) is 4. The molecule has 0 aromatic carbocycles. The van der Waals surface area contributed by atoms with E-state index in [1.54, 1.807) is 13.8 Å². The number of aromatic amines is 1. The molecule has 0 aliphatic carbocycles. The van der Waals surface area contributed by atoms with Crippen LogP contribution in [0, 0.1) is 0 Å². The van der Waals surface area contributed by atoms with Crippen molar-refractivity contribution in [2.75, 3.05) is 13.6 Å². The zero-order chi connectivity index (χ0) is 11.7. The topological polar surface area (TPSA) is 86.3 Å². The first-order valence-corrected chi connectivity index (χ1v) is 5.85. The van der Waals surface area contributed by atoms with Crippen molar-refractivity contribution in [2.24, 2.45) is 0 Å². The molecule has 0 unspecified atom stereocenters. The van der Waals surface area contributed by atoms with E-state index in [9.17, 15) is 13.5 Å². The van der Waals surface area contributed by atoms with Gasteiger partial charge in [-0.05, 0) is 13.8 Å². The van der Waals surface area contributed by atoms with Crippen LogP contribution in [0.4, 0.5) is 0 Å². The van der Waals surface area contributed by atoms with Gasteiger partial charge in [0.2, 0.25) is 10.0 Å². The lowest BCUT2D eigenvalue weighted by Crippen LogP contribution is -2.39. The maximum Gasteiger partial charge on any atom is 0.246 e. The average Bonchev–Trinajstić information content (AvgIpc) is 2.52. The van der Waals surface area contributed by atoms with Gasteiger partial charge in [0.05, 0.1) is 11.8 Å². The molecule has 1 aromatic heterocycles. The monoisotopic (exact) mass is 233 g/mol. The van der Waals surface area contributed by atoms with Gasteiger partial charge in [0.1, 0.15) is 4.90 Å². The quantitative estimate of drug-likeness (QED) is 0.754. The van der Waals surface area contributed by atoms with Crippen LogP contribution in [0.2, 0.25) is 0 Å². The molecule has 0 spiro atoms. The molecule has 0 fully saturated rings. The Balaban J connectivity index is 2.89. The predicted molar refractivity (Wildman–Crippen MR) is 54.7 cm³/mol. The molecule has 0 aliphatic heterocycles. The summed E-state index contributed by atoms with van der Waals surface area (Å²) >= 11 is 0. The Bertz CT molecular complexity index is 405. The number of likely N-dealkylation sites (N-methyl/N-ethyl adjacent to an activating group) is 1. The van der Waals surface area contributed by atoms with Crippen molar-refractivity contribution < 1.29 is 13.5 Å². The summed E-state index contributed by atoms with van der Waals surface area (Å²) in [7, 11) is -2.13. The fourth-order valence-corrected chi connectivity index (χ4v) is 2.42. The van der Waals surface area contributed by atoms with E-state index in [0.717, 1.165) is 4.31 Å². The molecular formula is C8H15N3O3S. The zero-order valence-corrected chi connectivity index (χ0v) is 9.74. The highest BCUT2D eigenvalue weighted by Gasteiger charge is 2.26. The van der Waals surface area contributed by atoms with Crippen LogP contribution in [0.25, 0.3) is 0 Å². The number of nitrogens with one attached hydrogen (secondary N) is 1. The molecule has 0 saturated carbocycles. The molecule has 15 heavy (non-hydrogen) atoms. The third-order valence-electron chi connectivity index (χ3n) is 1.79. The molecule has 1 rings (SSSR count). The van der Waals surface area contributed by atoms with Crippen molar-refractivity contribution in [2.45, 2.75) is 24.3 Å². The van der Waals surface area contributed by atoms with Gasteiger partial charge in [-0.3, -0.25) is 5.10 Å². The first-order chi connectivity index (χ1) is 6.73. The number of hydrogen-bond donors (Lipinski definition) is 2. The SMILES string of the molecule is CN(CC(C)(C)O)S(=O)(=O)c1cn[nH]c1. The van der Waals surface area contributed by atoms with Gasteiger partial charge in [-0.25, -0.2) is 8.42 Å². The number of H-pyrrole nitrogens is 1. The molecule has 1 aromatic rings. The van der Waals surface area contributed by atoms with Gasteiger partial charge in [-0.1, -0.05) is 0 Å². The highest BCUT2D eigenvalue weighted by molar-refractivity contribution is 7.89. The van der Waals surface area contributed by atoms with Gasteiger partial charge in [-0.15, -0.1) is 0 Å². The van der Waals surface area contributed by atoms with Gasteiger partial charge in [0.15, 0.2) is 0 Å². The standard InChI is InChI=1S/C8H15N3O3S/c1-8(2,12)6-11(3)15(13,14)7-4-9-10-5-7/h4-5,12H,6H2,1-3H3,(H,9,10). The summed E-state index contributed by atoms with van der Waals surface area (Å²) in [6.45, 7) is 3.13. The number of nitrogens with zero attached hydrogens (tertiary/aromatic N) is 2. The maximum atomic E-state index is 11.8. The van der Waals surface area contributed by atoms with E-state index in [1.165, 1.54) is 19.4 Å². The van der Waals surface area contributed by atoms with Crippen molar-refractivity contribution in [3.8, 4) is 0 Å².